The summed E-state index contributed by atoms with van der Waals surface area (Å²) in [6.45, 7) is 19.5. The van der Waals surface area contributed by atoms with E-state index < -0.39 is 12.0 Å². The quantitative estimate of drug-likeness (QED) is 0.518. The number of rotatable bonds is 5. The number of phenols is 1. The van der Waals surface area contributed by atoms with Crippen molar-refractivity contribution in [1.82, 2.24) is 0 Å². The highest BCUT2D eigenvalue weighted by Crippen LogP contribution is 2.33. The Morgan fingerprint density at radius 1 is 0.867 bits per heavy atom. The van der Waals surface area contributed by atoms with Gasteiger partial charge in [0, 0.05) is 0 Å². The van der Waals surface area contributed by atoms with Gasteiger partial charge in [-0.25, -0.2) is 0 Å². The lowest BCUT2D eigenvalue weighted by atomic mass is 10.0. The minimum absolute atomic E-state index is 0.272. The van der Waals surface area contributed by atoms with Crippen molar-refractivity contribution in [3.8, 4) is 17.2 Å². The van der Waals surface area contributed by atoms with Gasteiger partial charge in [0.2, 0.25) is 0 Å². The molecule has 0 radical (unpaired) electrons. The molecule has 0 heterocycles. The van der Waals surface area contributed by atoms with Crippen LogP contribution in [0.4, 0.5) is 0 Å². The van der Waals surface area contributed by atoms with Crippen LogP contribution >= 0.6 is 0 Å². The smallest absolute Gasteiger partial charge is 0.320 e. The molecule has 0 amide bonds. The molecule has 0 saturated carbocycles. The van der Waals surface area contributed by atoms with E-state index in [-0.39, 0.29) is 12.2 Å². The van der Waals surface area contributed by atoms with Crippen molar-refractivity contribution < 1.29 is 19.7 Å². The number of aliphatic carboxylic acids is 1. The lowest BCUT2D eigenvalue weighted by Gasteiger charge is -2.16. The standard InChI is InChI=1S/C19H23NO4.3C2H6/c1-10-7-15(8-11(2)17(10)21)24-18-12(3)5-14(6-13(18)4)9-16(20)19(22)23;3*1-2/h5-8,16,21H,9,20H2,1-4H3,(H,22,23);3*1-2H3. The number of hydrogen-bond donors (Lipinski definition) is 3. The second-order valence-electron chi connectivity index (χ2n) is 6.22. The molecule has 5 heteroatoms. The Bertz CT molecular complexity index is 739. The summed E-state index contributed by atoms with van der Waals surface area (Å²) >= 11 is 0. The SMILES string of the molecule is CC.CC.CC.Cc1cc(Oc2c(C)cc(CC(N)C(=O)O)cc2C)cc(C)c1O. The predicted octanol–water partition coefficient (Wildman–Crippen LogP) is 6.45. The van der Waals surface area contributed by atoms with Crippen LogP contribution in [0.2, 0.25) is 0 Å². The molecular weight excluding hydrogens is 378 g/mol. The van der Waals surface area contributed by atoms with E-state index >= 15 is 0 Å². The largest absolute Gasteiger partial charge is 0.507 e. The number of ether oxygens (including phenoxy) is 1. The van der Waals surface area contributed by atoms with Crippen molar-refractivity contribution >= 4 is 5.97 Å². The van der Waals surface area contributed by atoms with Gasteiger partial charge in [0.25, 0.3) is 0 Å². The molecule has 1 unspecified atom stereocenters. The van der Waals surface area contributed by atoms with Gasteiger partial charge in [-0.3, -0.25) is 4.79 Å². The van der Waals surface area contributed by atoms with Crippen LogP contribution in [0.25, 0.3) is 0 Å². The lowest BCUT2D eigenvalue weighted by molar-refractivity contribution is -0.138. The highest BCUT2D eigenvalue weighted by Gasteiger charge is 2.15. The Morgan fingerprint density at radius 3 is 1.63 bits per heavy atom. The maximum atomic E-state index is 10.9. The van der Waals surface area contributed by atoms with E-state index in [0.29, 0.717) is 5.75 Å². The van der Waals surface area contributed by atoms with E-state index in [1.165, 1.54) is 0 Å². The molecule has 0 fully saturated rings. The Balaban J connectivity index is 0. The number of aromatic hydroxyl groups is 1. The van der Waals surface area contributed by atoms with Gasteiger partial charge in [-0.15, -0.1) is 0 Å². The fourth-order valence-corrected chi connectivity index (χ4v) is 2.75. The number of carbonyl (C=O) groups is 1. The van der Waals surface area contributed by atoms with Crippen molar-refractivity contribution in [1.29, 1.82) is 0 Å². The summed E-state index contributed by atoms with van der Waals surface area (Å²) in [6, 6.07) is 6.44. The Hall–Kier alpha value is -2.53. The molecule has 0 aliphatic rings. The number of aryl methyl sites for hydroxylation is 4. The Labute approximate surface area is 182 Å². The molecule has 0 spiro atoms. The molecule has 0 bridgehead atoms. The number of hydrogen-bond acceptors (Lipinski definition) is 4. The first-order valence-corrected chi connectivity index (χ1v) is 10.8. The molecule has 2 aromatic rings. The third-order valence-electron chi connectivity index (χ3n) is 3.98. The number of phenolic OH excluding ortho intramolecular Hbond substituents is 1. The molecule has 0 aromatic heterocycles. The fraction of sp³-hybridized carbons (Fsp3) is 0.480. The van der Waals surface area contributed by atoms with Gasteiger partial charge < -0.3 is 20.7 Å². The van der Waals surface area contributed by atoms with Crippen LogP contribution in [0.3, 0.4) is 0 Å². The van der Waals surface area contributed by atoms with E-state index in [9.17, 15) is 9.90 Å². The molecule has 5 nitrogen and oxygen atoms in total. The third-order valence-corrected chi connectivity index (χ3v) is 3.98. The highest BCUT2D eigenvalue weighted by molar-refractivity contribution is 5.73. The molecule has 170 valence electrons. The van der Waals surface area contributed by atoms with Crippen molar-refractivity contribution in [3.05, 3.63) is 52.1 Å². The average molecular weight is 420 g/mol. The van der Waals surface area contributed by atoms with E-state index in [1.54, 1.807) is 12.1 Å². The van der Waals surface area contributed by atoms with Crippen molar-refractivity contribution in [2.75, 3.05) is 0 Å². The van der Waals surface area contributed by atoms with Gasteiger partial charge in [-0.05, 0) is 74.1 Å². The molecule has 1 atom stereocenters. The maximum Gasteiger partial charge on any atom is 0.320 e. The van der Waals surface area contributed by atoms with Crippen LogP contribution < -0.4 is 10.5 Å². The summed E-state index contributed by atoms with van der Waals surface area (Å²) in [7, 11) is 0. The Kier molecular flexibility index (Phi) is 15.2. The second kappa shape index (κ2) is 15.3. The van der Waals surface area contributed by atoms with Crippen molar-refractivity contribution in [2.45, 2.75) is 81.7 Å². The summed E-state index contributed by atoms with van der Waals surface area (Å²) in [5, 5.41) is 18.8. The van der Waals surface area contributed by atoms with Crippen LogP contribution in [0, 0.1) is 27.7 Å². The number of carboxylic acid groups (broad SMARTS) is 1. The molecule has 2 aromatic carbocycles. The van der Waals surface area contributed by atoms with E-state index in [2.05, 4.69) is 0 Å². The predicted molar refractivity (Wildman–Crippen MR) is 127 cm³/mol. The minimum Gasteiger partial charge on any atom is -0.507 e. The van der Waals surface area contributed by atoms with Crippen molar-refractivity contribution in [2.24, 2.45) is 5.73 Å². The maximum absolute atomic E-state index is 10.9. The van der Waals surface area contributed by atoms with Crippen LogP contribution in [0.1, 0.15) is 69.4 Å². The zero-order valence-electron chi connectivity index (χ0n) is 20.4. The normalized spacial score (nSPS) is 10.2. The molecular formula is C25H41NO4. The van der Waals surface area contributed by atoms with E-state index in [0.717, 1.165) is 33.6 Å². The van der Waals surface area contributed by atoms with E-state index in [1.807, 2.05) is 81.4 Å². The monoisotopic (exact) mass is 419 g/mol. The minimum atomic E-state index is -1.01. The topological polar surface area (TPSA) is 92.8 Å². The van der Waals surface area contributed by atoms with E-state index in [4.69, 9.17) is 15.6 Å². The lowest BCUT2D eigenvalue weighted by Crippen LogP contribution is -2.32. The van der Waals surface area contributed by atoms with Gasteiger partial charge in [-0.1, -0.05) is 53.7 Å². The molecule has 0 saturated heterocycles. The van der Waals surface area contributed by atoms with Crippen LogP contribution in [-0.2, 0) is 11.2 Å². The molecule has 2 rings (SSSR count). The van der Waals surface area contributed by atoms with Gasteiger partial charge in [0.15, 0.2) is 0 Å². The van der Waals surface area contributed by atoms with Crippen LogP contribution in [0.15, 0.2) is 24.3 Å². The first-order valence-electron chi connectivity index (χ1n) is 10.8. The molecule has 4 N–H and O–H groups in total. The Morgan fingerprint density at radius 2 is 1.27 bits per heavy atom. The second-order valence-corrected chi connectivity index (χ2v) is 6.22. The number of benzene rings is 2. The first-order chi connectivity index (χ1) is 14.2. The van der Waals surface area contributed by atoms with Crippen molar-refractivity contribution in [3.63, 3.8) is 0 Å². The number of carboxylic acids is 1. The third kappa shape index (κ3) is 8.87. The van der Waals surface area contributed by atoms with Crippen LogP contribution in [0.5, 0.6) is 17.2 Å². The van der Waals surface area contributed by atoms with Crippen LogP contribution in [-0.4, -0.2) is 22.2 Å². The molecule has 30 heavy (non-hydrogen) atoms. The fourth-order valence-electron chi connectivity index (χ4n) is 2.75. The molecule has 0 aliphatic heterocycles. The summed E-state index contributed by atoms with van der Waals surface area (Å²) in [4.78, 5) is 10.9. The zero-order valence-corrected chi connectivity index (χ0v) is 20.4. The van der Waals surface area contributed by atoms with Gasteiger partial charge in [0.1, 0.15) is 23.3 Å². The summed E-state index contributed by atoms with van der Waals surface area (Å²) in [5.41, 5.74) is 9.79. The van der Waals surface area contributed by atoms with Gasteiger partial charge in [0.05, 0.1) is 0 Å². The zero-order chi connectivity index (χ0) is 24.0. The molecule has 0 aliphatic carbocycles. The average Bonchev–Trinajstić information content (AvgIpc) is 2.73. The van der Waals surface area contributed by atoms with Gasteiger partial charge >= 0.3 is 5.97 Å². The number of nitrogens with two attached hydrogens (primary N) is 1. The van der Waals surface area contributed by atoms with Gasteiger partial charge in [-0.2, -0.15) is 0 Å². The first kappa shape index (κ1) is 29.7. The highest BCUT2D eigenvalue weighted by atomic mass is 16.5. The summed E-state index contributed by atoms with van der Waals surface area (Å²) in [5.74, 6) is 0.644. The summed E-state index contributed by atoms with van der Waals surface area (Å²) < 4.78 is 6.01. The summed E-state index contributed by atoms with van der Waals surface area (Å²) in [6.07, 6.45) is 0.273.